The van der Waals surface area contributed by atoms with Crippen molar-refractivity contribution in [3.63, 3.8) is 0 Å². The van der Waals surface area contributed by atoms with E-state index < -0.39 is 12.1 Å². The molecule has 2 aliphatic rings. The predicted molar refractivity (Wildman–Crippen MR) is 107 cm³/mol. The summed E-state index contributed by atoms with van der Waals surface area (Å²) in [5, 5.41) is 9.22. The zero-order valence-corrected chi connectivity index (χ0v) is 16.2. The number of hydrogen-bond acceptors (Lipinski definition) is 3. The van der Waals surface area contributed by atoms with Gasteiger partial charge in [-0.3, -0.25) is 4.79 Å². The molecule has 2 atom stereocenters. The number of ether oxygens (including phenoxy) is 1. The van der Waals surface area contributed by atoms with Crippen LogP contribution < -0.4 is 4.74 Å². The van der Waals surface area contributed by atoms with Gasteiger partial charge in [-0.2, -0.15) is 0 Å². The number of carboxylic acids is 1. The van der Waals surface area contributed by atoms with Crippen LogP contribution in [-0.4, -0.2) is 47.2 Å². The molecule has 0 saturated carbocycles. The van der Waals surface area contributed by atoms with Crippen molar-refractivity contribution in [2.75, 3.05) is 13.1 Å². The molecule has 29 heavy (non-hydrogen) atoms. The lowest BCUT2D eigenvalue weighted by atomic mass is 9.99. The summed E-state index contributed by atoms with van der Waals surface area (Å²) < 4.78 is 19.1. The van der Waals surface area contributed by atoms with E-state index in [9.17, 15) is 14.0 Å². The third kappa shape index (κ3) is 4.12. The van der Waals surface area contributed by atoms with Crippen LogP contribution in [0.2, 0.25) is 5.02 Å². The van der Waals surface area contributed by atoms with E-state index in [4.69, 9.17) is 21.4 Å². The average molecular weight is 416 g/mol. The molecule has 1 saturated heterocycles. The largest absolute Gasteiger partial charge is 0.484 e. The molecular formula is C22H19ClFNO4. The number of carbonyl (C=O) groups excluding carboxylic acids is 1. The number of likely N-dealkylation sites (tertiary alicyclic amines) is 1. The van der Waals surface area contributed by atoms with Crippen LogP contribution in [0.5, 0.6) is 5.75 Å². The van der Waals surface area contributed by atoms with Crippen LogP contribution in [0.3, 0.4) is 0 Å². The van der Waals surface area contributed by atoms with Crippen molar-refractivity contribution in [3.8, 4) is 16.9 Å². The van der Waals surface area contributed by atoms with Gasteiger partial charge in [0, 0.05) is 30.2 Å². The Morgan fingerprint density at radius 2 is 1.97 bits per heavy atom. The highest BCUT2D eigenvalue weighted by molar-refractivity contribution is 6.32. The van der Waals surface area contributed by atoms with E-state index in [0.717, 1.165) is 22.8 Å². The Balaban J connectivity index is 1.53. The number of halogens is 2. The van der Waals surface area contributed by atoms with Crippen molar-refractivity contribution in [2.24, 2.45) is 0 Å². The van der Waals surface area contributed by atoms with Gasteiger partial charge >= 0.3 is 5.97 Å². The van der Waals surface area contributed by atoms with Gasteiger partial charge in [0.25, 0.3) is 5.91 Å². The Labute approximate surface area is 172 Å². The van der Waals surface area contributed by atoms with E-state index >= 15 is 0 Å². The number of amides is 1. The van der Waals surface area contributed by atoms with Gasteiger partial charge in [-0.25, -0.2) is 9.18 Å². The summed E-state index contributed by atoms with van der Waals surface area (Å²) in [6.07, 6.45) is 2.17. The molecule has 4 rings (SSSR count). The smallest absolute Gasteiger partial charge is 0.328 e. The fourth-order valence-electron chi connectivity index (χ4n) is 3.70. The number of fused-ring (bicyclic) bond motifs is 1. The Morgan fingerprint density at radius 3 is 2.62 bits per heavy atom. The molecule has 0 spiro atoms. The SMILES string of the molecule is O=C(O)C=CC1Cc2cc(-c3ccc(C(=O)N4CCC(F)C4)cc3)cc(Cl)c2O1. The van der Waals surface area contributed by atoms with Crippen LogP contribution >= 0.6 is 11.6 Å². The van der Waals surface area contributed by atoms with E-state index in [0.29, 0.717) is 35.7 Å². The summed E-state index contributed by atoms with van der Waals surface area (Å²) in [6.45, 7) is 0.595. The molecule has 2 aromatic carbocycles. The lowest BCUT2D eigenvalue weighted by Crippen LogP contribution is -2.28. The minimum atomic E-state index is -1.03. The molecule has 0 radical (unpaired) electrons. The van der Waals surface area contributed by atoms with Crippen LogP contribution in [0.1, 0.15) is 22.3 Å². The van der Waals surface area contributed by atoms with Crippen LogP contribution in [0.15, 0.2) is 48.6 Å². The van der Waals surface area contributed by atoms with E-state index in [1.54, 1.807) is 18.2 Å². The average Bonchev–Trinajstić information content (AvgIpc) is 3.32. The third-order valence-electron chi connectivity index (χ3n) is 5.15. The molecule has 1 N–H and O–H groups in total. The van der Waals surface area contributed by atoms with Crippen molar-refractivity contribution >= 4 is 23.5 Å². The van der Waals surface area contributed by atoms with Crippen LogP contribution in [0.25, 0.3) is 11.1 Å². The number of carboxylic acid groups (broad SMARTS) is 1. The molecule has 1 fully saturated rings. The number of alkyl halides is 1. The summed E-state index contributed by atoms with van der Waals surface area (Å²) in [5.74, 6) is -0.621. The van der Waals surface area contributed by atoms with Crippen molar-refractivity contribution in [2.45, 2.75) is 25.1 Å². The Kier molecular flexibility index (Phi) is 5.28. The molecule has 2 aliphatic heterocycles. The molecule has 7 heteroatoms. The highest BCUT2D eigenvalue weighted by Gasteiger charge is 2.27. The molecule has 1 amide bonds. The van der Waals surface area contributed by atoms with Gasteiger partial charge in [-0.1, -0.05) is 23.7 Å². The van der Waals surface area contributed by atoms with Crippen LogP contribution in [-0.2, 0) is 11.2 Å². The van der Waals surface area contributed by atoms with Crippen LogP contribution in [0.4, 0.5) is 4.39 Å². The number of carbonyl (C=O) groups is 2. The molecule has 0 bridgehead atoms. The van der Waals surface area contributed by atoms with Gasteiger partial charge in [-0.05, 0) is 47.9 Å². The lowest BCUT2D eigenvalue weighted by Gasteiger charge is -2.15. The minimum Gasteiger partial charge on any atom is -0.484 e. The van der Waals surface area contributed by atoms with E-state index in [1.807, 2.05) is 18.2 Å². The maximum absolute atomic E-state index is 13.3. The van der Waals surface area contributed by atoms with Gasteiger partial charge < -0.3 is 14.7 Å². The van der Waals surface area contributed by atoms with Crippen molar-refractivity contribution in [3.05, 3.63) is 64.7 Å². The topological polar surface area (TPSA) is 66.8 Å². The monoisotopic (exact) mass is 415 g/mol. The number of benzene rings is 2. The summed E-state index contributed by atoms with van der Waals surface area (Å²) >= 11 is 6.37. The second kappa shape index (κ2) is 7.87. The first-order chi connectivity index (χ1) is 13.9. The van der Waals surface area contributed by atoms with E-state index in [-0.39, 0.29) is 18.6 Å². The zero-order chi connectivity index (χ0) is 20.5. The minimum absolute atomic E-state index is 0.151. The molecular weight excluding hydrogens is 397 g/mol. The first-order valence-electron chi connectivity index (χ1n) is 9.34. The first-order valence-corrected chi connectivity index (χ1v) is 9.72. The fraction of sp³-hybridized carbons (Fsp3) is 0.273. The van der Waals surface area contributed by atoms with E-state index in [2.05, 4.69) is 0 Å². The van der Waals surface area contributed by atoms with Gasteiger partial charge in [-0.15, -0.1) is 0 Å². The van der Waals surface area contributed by atoms with Gasteiger partial charge in [0.2, 0.25) is 0 Å². The number of hydrogen-bond donors (Lipinski definition) is 1. The van der Waals surface area contributed by atoms with Crippen molar-refractivity contribution in [1.29, 1.82) is 0 Å². The predicted octanol–water partition coefficient (Wildman–Crippen LogP) is 4.14. The maximum atomic E-state index is 13.3. The normalized spacial score (nSPS) is 20.7. The summed E-state index contributed by atoms with van der Waals surface area (Å²) in [5.41, 5.74) is 3.20. The highest BCUT2D eigenvalue weighted by atomic mass is 35.5. The maximum Gasteiger partial charge on any atom is 0.328 e. The molecule has 0 aliphatic carbocycles. The number of rotatable bonds is 4. The third-order valence-corrected chi connectivity index (χ3v) is 5.43. The van der Waals surface area contributed by atoms with Gasteiger partial charge in [0.05, 0.1) is 11.6 Å². The molecule has 2 unspecified atom stereocenters. The Hall–Kier alpha value is -2.86. The Morgan fingerprint density at radius 1 is 1.21 bits per heavy atom. The molecule has 2 heterocycles. The molecule has 150 valence electrons. The standard InChI is InChI=1S/C22H19ClFNO4/c23-19-11-15(9-16-10-18(29-21(16)19)5-6-20(26)27)13-1-3-14(4-2-13)22(28)25-8-7-17(24)12-25/h1-6,9,11,17-18H,7-8,10,12H2,(H,26,27). The van der Waals surface area contributed by atoms with Gasteiger partial charge in [0.15, 0.2) is 0 Å². The summed E-state index contributed by atoms with van der Waals surface area (Å²) in [6, 6.07) is 10.9. The summed E-state index contributed by atoms with van der Waals surface area (Å²) in [7, 11) is 0. The molecule has 2 aromatic rings. The number of nitrogens with zero attached hydrogens (tertiary/aromatic N) is 1. The summed E-state index contributed by atoms with van der Waals surface area (Å²) in [4.78, 5) is 24.7. The fourth-order valence-corrected chi connectivity index (χ4v) is 3.98. The first kappa shape index (κ1) is 19.5. The lowest BCUT2D eigenvalue weighted by molar-refractivity contribution is -0.131. The number of aliphatic carboxylic acids is 1. The highest BCUT2D eigenvalue weighted by Crippen LogP contribution is 2.40. The van der Waals surface area contributed by atoms with E-state index in [1.165, 1.54) is 11.0 Å². The van der Waals surface area contributed by atoms with Crippen LogP contribution in [0, 0.1) is 0 Å². The Bertz CT molecular complexity index is 989. The second-order valence-electron chi connectivity index (χ2n) is 7.22. The molecule has 0 aromatic heterocycles. The quantitative estimate of drug-likeness (QED) is 0.762. The molecule has 5 nitrogen and oxygen atoms in total. The van der Waals surface area contributed by atoms with Crippen molar-refractivity contribution in [1.82, 2.24) is 4.90 Å². The zero-order valence-electron chi connectivity index (χ0n) is 15.5. The van der Waals surface area contributed by atoms with Crippen molar-refractivity contribution < 1.29 is 23.8 Å². The van der Waals surface area contributed by atoms with Gasteiger partial charge in [0.1, 0.15) is 18.0 Å². The second-order valence-corrected chi connectivity index (χ2v) is 7.63.